The van der Waals surface area contributed by atoms with Crippen molar-refractivity contribution >= 4 is 23.4 Å². The second-order valence-corrected chi connectivity index (χ2v) is 9.13. The van der Waals surface area contributed by atoms with Crippen molar-refractivity contribution in [2.75, 3.05) is 11.9 Å². The third-order valence-electron chi connectivity index (χ3n) is 6.39. The number of aryl methyl sites for hydroxylation is 1. The molecule has 0 bridgehead atoms. The highest BCUT2D eigenvalue weighted by molar-refractivity contribution is 5.99. The third kappa shape index (κ3) is 5.96. The molecule has 2 atom stereocenters. The SMILES string of the molecule is CC(C)[C@H](C(=O)Nc1ccncc1)N1CC[C@@](CCCc2ccc(F)cc2)(CC(=O)NO)C1=O. The van der Waals surface area contributed by atoms with E-state index < -0.39 is 17.4 Å². The molecule has 0 radical (unpaired) electrons. The van der Waals surface area contributed by atoms with Crippen LogP contribution in [-0.4, -0.2) is 45.4 Å². The van der Waals surface area contributed by atoms with E-state index in [4.69, 9.17) is 5.21 Å². The summed E-state index contributed by atoms with van der Waals surface area (Å²) in [5.41, 5.74) is 2.14. The average Bonchev–Trinajstić information content (AvgIpc) is 3.11. The van der Waals surface area contributed by atoms with Crippen molar-refractivity contribution in [3.05, 3.63) is 60.2 Å². The van der Waals surface area contributed by atoms with Crippen LogP contribution >= 0.6 is 0 Å². The van der Waals surface area contributed by atoms with E-state index >= 15 is 0 Å². The van der Waals surface area contributed by atoms with Crippen molar-refractivity contribution in [3.63, 3.8) is 0 Å². The molecule has 3 rings (SSSR count). The molecule has 0 spiro atoms. The Morgan fingerprint density at radius 1 is 1.18 bits per heavy atom. The van der Waals surface area contributed by atoms with Crippen LogP contribution in [0.15, 0.2) is 48.8 Å². The molecule has 3 N–H and O–H groups in total. The van der Waals surface area contributed by atoms with Crippen molar-refractivity contribution in [2.24, 2.45) is 11.3 Å². The van der Waals surface area contributed by atoms with E-state index in [1.165, 1.54) is 12.1 Å². The molecule has 34 heavy (non-hydrogen) atoms. The Morgan fingerprint density at radius 2 is 1.85 bits per heavy atom. The number of likely N-dealkylation sites (tertiary alicyclic amines) is 1. The van der Waals surface area contributed by atoms with Crippen LogP contribution in [0.5, 0.6) is 0 Å². The number of nitrogens with zero attached hydrogens (tertiary/aromatic N) is 2. The summed E-state index contributed by atoms with van der Waals surface area (Å²) in [4.78, 5) is 44.4. The summed E-state index contributed by atoms with van der Waals surface area (Å²) in [5, 5.41) is 12.0. The molecule has 0 unspecified atom stereocenters. The van der Waals surface area contributed by atoms with Crippen LogP contribution in [0, 0.1) is 17.2 Å². The van der Waals surface area contributed by atoms with E-state index in [1.807, 2.05) is 13.8 Å². The normalized spacial score (nSPS) is 18.7. The highest BCUT2D eigenvalue weighted by Gasteiger charge is 2.50. The zero-order chi connectivity index (χ0) is 24.7. The van der Waals surface area contributed by atoms with Crippen LogP contribution in [-0.2, 0) is 20.8 Å². The van der Waals surface area contributed by atoms with E-state index in [0.29, 0.717) is 37.9 Å². The largest absolute Gasteiger partial charge is 0.330 e. The Bertz CT molecular complexity index is 1000. The number of carbonyl (C=O) groups excluding carboxylic acids is 3. The second-order valence-electron chi connectivity index (χ2n) is 9.13. The first-order valence-electron chi connectivity index (χ1n) is 11.4. The summed E-state index contributed by atoms with van der Waals surface area (Å²) in [6.07, 6.45) is 4.99. The summed E-state index contributed by atoms with van der Waals surface area (Å²) in [6, 6.07) is 8.81. The zero-order valence-electron chi connectivity index (χ0n) is 19.5. The Hall–Kier alpha value is -3.33. The third-order valence-corrected chi connectivity index (χ3v) is 6.39. The zero-order valence-corrected chi connectivity index (χ0v) is 19.5. The first-order chi connectivity index (χ1) is 16.3. The molecule has 0 saturated carbocycles. The predicted molar refractivity (Wildman–Crippen MR) is 124 cm³/mol. The summed E-state index contributed by atoms with van der Waals surface area (Å²) in [7, 11) is 0. The lowest BCUT2D eigenvalue weighted by Gasteiger charge is -2.33. The van der Waals surface area contributed by atoms with Gasteiger partial charge in [0.25, 0.3) is 0 Å². The first kappa shape index (κ1) is 25.3. The van der Waals surface area contributed by atoms with Gasteiger partial charge in [-0.3, -0.25) is 24.6 Å². The molecule has 3 amide bonds. The average molecular weight is 471 g/mol. The Kier molecular flexibility index (Phi) is 8.33. The van der Waals surface area contributed by atoms with Crippen molar-refractivity contribution in [1.29, 1.82) is 0 Å². The van der Waals surface area contributed by atoms with E-state index in [1.54, 1.807) is 47.0 Å². The molecule has 8 nitrogen and oxygen atoms in total. The molecule has 1 saturated heterocycles. The van der Waals surface area contributed by atoms with Gasteiger partial charge in [-0.1, -0.05) is 26.0 Å². The van der Waals surface area contributed by atoms with E-state index in [0.717, 1.165) is 5.56 Å². The molecular formula is C25H31FN4O4. The molecule has 2 heterocycles. The van der Waals surface area contributed by atoms with Crippen LogP contribution in [0.25, 0.3) is 0 Å². The fourth-order valence-electron chi connectivity index (χ4n) is 4.68. The Morgan fingerprint density at radius 3 is 2.47 bits per heavy atom. The minimum absolute atomic E-state index is 0.160. The molecule has 182 valence electrons. The highest BCUT2D eigenvalue weighted by Crippen LogP contribution is 2.42. The van der Waals surface area contributed by atoms with Gasteiger partial charge in [0, 0.05) is 31.0 Å². The number of pyridine rings is 1. The van der Waals surface area contributed by atoms with E-state index in [-0.39, 0.29) is 30.0 Å². The summed E-state index contributed by atoms with van der Waals surface area (Å²) < 4.78 is 13.2. The minimum Gasteiger partial charge on any atom is -0.330 e. The molecule has 1 fully saturated rings. The van der Waals surface area contributed by atoms with Gasteiger partial charge in [0.05, 0.1) is 5.41 Å². The van der Waals surface area contributed by atoms with Gasteiger partial charge in [0.2, 0.25) is 17.7 Å². The lowest BCUT2D eigenvalue weighted by Crippen LogP contribution is -2.50. The minimum atomic E-state index is -1.02. The van der Waals surface area contributed by atoms with Crippen molar-refractivity contribution in [2.45, 2.75) is 52.0 Å². The van der Waals surface area contributed by atoms with Gasteiger partial charge >= 0.3 is 0 Å². The molecule has 1 aliphatic rings. The summed E-state index contributed by atoms with van der Waals surface area (Å²) in [6.45, 7) is 4.08. The number of nitrogens with one attached hydrogen (secondary N) is 2. The van der Waals surface area contributed by atoms with Crippen LogP contribution in [0.3, 0.4) is 0 Å². The molecule has 0 aliphatic carbocycles. The van der Waals surface area contributed by atoms with Crippen LogP contribution in [0.2, 0.25) is 0 Å². The number of hydroxylamine groups is 1. The molecule has 2 aromatic rings. The van der Waals surface area contributed by atoms with Gasteiger partial charge in [-0.05, 0) is 61.4 Å². The van der Waals surface area contributed by atoms with Crippen molar-refractivity contribution in [1.82, 2.24) is 15.4 Å². The fourth-order valence-corrected chi connectivity index (χ4v) is 4.68. The van der Waals surface area contributed by atoms with Gasteiger partial charge in [-0.15, -0.1) is 0 Å². The second kappa shape index (κ2) is 11.2. The summed E-state index contributed by atoms with van der Waals surface area (Å²) in [5.74, 6) is -1.68. The maximum absolute atomic E-state index is 13.7. The van der Waals surface area contributed by atoms with Gasteiger partial charge in [0.15, 0.2) is 0 Å². The highest BCUT2D eigenvalue weighted by atomic mass is 19.1. The number of anilines is 1. The van der Waals surface area contributed by atoms with Crippen LogP contribution < -0.4 is 10.8 Å². The van der Waals surface area contributed by atoms with Crippen molar-refractivity contribution in [3.8, 4) is 0 Å². The number of amides is 3. The van der Waals surface area contributed by atoms with Gasteiger partial charge in [-0.2, -0.15) is 0 Å². The number of carbonyl (C=O) groups is 3. The Labute approximate surface area is 198 Å². The monoisotopic (exact) mass is 470 g/mol. The Balaban J connectivity index is 1.76. The molecule has 1 aliphatic heterocycles. The number of aromatic nitrogens is 1. The molecular weight excluding hydrogens is 439 g/mol. The molecule has 9 heteroatoms. The molecule has 1 aromatic carbocycles. The van der Waals surface area contributed by atoms with Gasteiger partial charge in [0.1, 0.15) is 11.9 Å². The maximum Gasteiger partial charge on any atom is 0.247 e. The lowest BCUT2D eigenvalue weighted by molar-refractivity contribution is -0.146. The van der Waals surface area contributed by atoms with Gasteiger partial charge < -0.3 is 10.2 Å². The number of benzene rings is 1. The van der Waals surface area contributed by atoms with Gasteiger partial charge in [-0.25, -0.2) is 9.87 Å². The smallest absolute Gasteiger partial charge is 0.247 e. The topological polar surface area (TPSA) is 112 Å². The predicted octanol–water partition coefficient (Wildman–Crippen LogP) is 3.32. The quantitative estimate of drug-likeness (QED) is 0.364. The fraction of sp³-hybridized carbons (Fsp3) is 0.440. The number of hydrogen-bond acceptors (Lipinski definition) is 5. The number of hydrogen-bond donors (Lipinski definition) is 3. The summed E-state index contributed by atoms with van der Waals surface area (Å²) >= 11 is 0. The first-order valence-corrected chi connectivity index (χ1v) is 11.4. The molecule has 1 aromatic heterocycles. The van der Waals surface area contributed by atoms with Crippen molar-refractivity contribution < 1.29 is 24.0 Å². The maximum atomic E-state index is 13.7. The van der Waals surface area contributed by atoms with E-state index in [9.17, 15) is 18.8 Å². The van der Waals surface area contributed by atoms with E-state index in [2.05, 4.69) is 10.3 Å². The number of halogens is 1. The van der Waals surface area contributed by atoms with Crippen LogP contribution in [0.1, 0.15) is 45.1 Å². The van der Waals surface area contributed by atoms with Crippen LogP contribution in [0.4, 0.5) is 10.1 Å². The standard InChI is InChI=1S/C25H31FN4O4/c1-17(2)22(23(32)28-20-9-13-27-14-10-20)30-15-12-25(24(30)33,16-21(31)29-34)11-3-4-18-5-7-19(26)8-6-18/h5-10,13-14,17,22,34H,3-4,11-12,15-16H2,1-2H3,(H,29,31)(H,27,28,32)/t22-,25+/m1/s1. The lowest BCUT2D eigenvalue weighted by atomic mass is 9.77. The number of rotatable bonds is 10.